The Labute approximate surface area is 108 Å². The van der Waals surface area contributed by atoms with Gasteiger partial charge in [-0.1, -0.05) is 0 Å². The van der Waals surface area contributed by atoms with E-state index in [9.17, 15) is 9.59 Å². The van der Waals surface area contributed by atoms with Gasteiger partial charge in [-0.3, -0.25) is 14.3 Å². The Morgan fingerprint density at radius 1 is 1.37 bits per heavy atom. The lowest BCUT2D eigenvalue weighted by Gasteiger charge is -2.39. The SMILES string of the molecule is COC1(Cc2nc3c([nH]2)c(=O)[nH]c(=O)n3C)CCC1. The zero-order valence-corrected chi connectivity index (χ0v) is 10.9. The van der Waals surface area contributed by atoms with Crippen LogP contribution in [0, 0.1) is 0 Å². The van der Waals surface area contributed by atoms with Crippen molar-refractivity contribution in [1.29, 1.82) is 0 Å². The number of rotatable bonds is 3. The highest BCUT2D eigenvalue weighted by Crippen LogP contribution is 2.37. The lowest BCUT2D eigenvalue weighted by atomic mass is 9.77. The molecule has 0 aliphatic heterocycles. The Morgan fingerprint density at radius 2 is 2.11 bits per heavy atom. The smallest absolute Gasteiger partial charge is 0.329 e. The van der Waals surface area contributed by atoms with Crippen molar-refractivity contribution in [3.05, 3.63) is 26.7 Å². The average molecular weight is 264 g/mol. The first kappa shape index (κ1) is 12.2. The standard InChI is InChI=1S/C12H16N4O3/c1-16-9-8(10(17)15-11(16)18)13-7(14-9)6-12(19-2)4-3-5-12/h3-6H2,1-2H3,(H,13,14)(H,15,17,18). The Morgan fingerprint density at radius 3 is 2.68 bits per heavy atom. The van der Waals surface area contributed by atoms with Crippen molar-refractivity contribution >= 4 is 11.2 Å². The summed E-state index contributed by atoms with van der Waals surface area (Å²) in [5, 5.41) is 0. The molecule has 2 aromatic heterocycles. The minimum atomic E-state index is -0.458. The van der Waals surface area contributed by atoms with Crippen molar-refractivity contribution in [3.8, 4) is 0 Å². The molecule has 2 aromatic rings. The molecule has 102 valence electrons. The van der Waals surface area contributed by atoms with Crippen LogP contribution in [0.1, 0.15) is 25.1 Å². The van der Waals surface area contributed by atoms with Crippen LogP contribution in [-0.4, -0.2) is 32.2 Å². The molecule has 1 aliphatic carbocycles. The van der Waals surface area contributed by atoms with Gasteiger partial charge in [-0.25, -0.2) is 9.78 Å². The van der Waals surface area contributed by atoms with Crippen LogP contribution in [0.3, 0.4) is 0 Å². The predicted molar refractivity (Wildman–Crippen MR) is 69.3 cm³/mol. The highest BCUT2D eigenvalue weighted by Gasteiger charge is 2.38. The maximum absolute atomic E-state index is 11.7. The van der Waals surface area contributed by atoms with Crippen molar-refractivity contribution in [2.45, 2.75) is 31.3 Å². The van der Waals surface area contributed by atoms with Crippen molar-refractivity contribution in [1.82, 2.24) is 19.5 Å². The largest absolute Gasteiger partial charge is 0.378 e. The molecule has 0 aromatic carbocycles. The van der Waals surface area contributed by atoms with Crippen LogP contribution in [0.25, 0.3) is 11.2 Å². The van der Waals surface area contributed by atoms with E-state index in [0.717, 1.165) is 19.3 Å². The van der Waals surface area contributed by atoms with Gasteiger partial charge in [-0.2, -0.15) is 0 Å². The van der Waals surface area contributed by atoms with E-state index in [0.29, 0.717) is 23.4 Å². The molecule has 0 spiro atoms. The number of ether oxygens (including phenoxy) is 1. The maximum Gasteiger partial charge on any atom is 0.329 e. The number of H-pyrrole nitrogens is 2. The zero-order chi connectivity index (χ0) is 13.6. The van der Waals surface area contributed by atoms with Crippen LogP contribution in [0.2, 0.25) is 0 Å². The molecular formula is C12H16N4O3. The summed E-state index contributed by atoms with van der Waals surface area (Å²) < 4.78 is 6.87. The summed E-state index contributed by atoms with van der Waals surface area (Å²) in [6, 6.07) is 0. The van der Waals surface area contributed by atoms with E-state index < -0.39 is 11.2 Å². The highest BCUT2D eigenvalue weighted by molar-refractivity contribution is 5.69. The van der Waals surface area contributed by atoms with Gasteiger partial charge in [0.25, 0.3) is 5.56 Å². The van der Waals surface area contributed by atoms with Crippen LogP contribution in [-0.2, 0) is 18.2 Å². The monoisotopic (exact) mass is 264 g/mol. The van der Waals surface area contributed by atoms with Crippen molar-refractivity contribution < 1.29 is 4.74 Å². The molecule has 7 heteroatoms. The number of nitrogens with zero attached hydrogens (tertiary/aromatic N) is 2. The molecule has 2 N–H and O–H groups in total. The molecule has 0 bridgehead atoms. The number of aromatic amines is 2. The molecular weight excluding hydrogens is 248 g/mol. The molecule has 0 saturated heterocycles. The van der Waals surface area contributed by atoms with E-state index in [4.69, 9.17) is 4.74 Å². The summed E-state index contributed by atoms with van der Waals surface area (Å²) in [5.74, 6) is 0.684. The van der Waals surface area contributed by atoms with Crippen molar-refractivity contribution in [2.24, 2.45) is 7.05 Å². The van der Waals surface area contributed by atoms with E-state index in [-0.39, 0.29) is 5.60 Å². The van der Waals surface area contributed by atoms with Gasteiger partial charge in [0.15, 0.2) is 5.65 Å². The van der Waals surface area contributed by atoms with Gasteiger partial charge in [0.1, 0.15) is 11.3 Å². The molecule has 1 aliphatic rings. The summed E-state index contributed by atoms with van der Waals surface area (Å²) in [6.45, 7) is 0. The fraction of sp³-hybridized carbons (Fsp3) is 0.583. The summed E-state index contributed by atoms with van der Waals surface area (Å²) in [6.07, 6.45) is 3.77. The third kappa shape index (κ3) is 1.81. The van der Waals surface area contributed by atoms with E-state index in [1.54, 1.807) is 14.2 Å². The van der Waals surface area contributed by atoms with Crippen LogP contribution in [0.15, 0.2) is 9.59 Å². The second-order valence-corrected chi connectivity index (χ2v) is 5.12. The Kier molecular flexibility index (Phi) is 2.60. The van der Waals surface area contributed by atoms with Gasteiger partial charge < -0.3 is 9.72 Å². The predicted octanol–water partition coefficient (Wildman–Crippen LogP) is 0.0615. The minimum absolute atomic E-state index is 0.167. The second kappa shape index (κ2) is 4.06. The van der Waals surface area contributed by atoms with Crippen molar-refractivity contribution in [2.75, 3.05) is 7.11 Å². The van der Waals surface area contributed by atoms with E-state index in [1.165, 1.54) is 4.57 Å². The Hall–Kier alpha value is -1.89. The summed E-state index contributed by atoms with van der Waals surface area (Å²) in [4.78, 5) is 32.8. The number of aryl methyl sites for hydroxylation is 1. The van der Waals surface area contributed by atoms with E-state index in [2.05, 4.69) is 15.0 Å². The Balaban J connectivity index is 2.07. The van der Waals surface area contributed by atoms with E-state index >= 15 is 0 Å². The first-order valence-electron chi connectivity index (χ1n) is 6.28. The molecule has 2 heterocycles. The molecule has 0 atom stereocenters. The average Bonchev–Trinajstić information content (AvgIpc) is 2.75. The van der Waals surface area contributed by atoms with Crippen LogP contribution in [0.5, 0.6) is 0 Å². The van der Waals surface area contributed by atoms with Gasteiger partial charge in [-0.15, -0.1) is 0 Å². The summed E-state index contributed by atoms with van der Waals surface area (Å²) in [5.41, 5.74) is -0.339. The third-order valence-corrected chi connectivity index (χ3v) is 3.99. The lowest BCUT2D eigenvalue weighted by Crippen LogP contribution is -2.41. The number of methoxy groups -OCH3 is 1. The van der Waals surface area contributed by atoms with Crippen LogP contribution < -0.4 is 11.2 Å². The number of aromatic nitrogens is 4. The number of fused-ring (bicyclic) bond motifs is 1. The summed E-state index contributed by atoms with van der Waals surface area (Å²) >= 11 is 0. The van der Waals surface area contributed by atoms with Gasteiger partial charge in [0, 0.05) is 20.6 Å². The molecule has 0 amide bonds. The van der Waals surface area contributed by atoms with Gasteiger partial charge >= 0.3 is 5.69 Å². The molecule has 1 saturated carbocycles. The number of nitrogens with one attached hydrogen (secondary N) is 2. The molecule has 0 unspecified atom stereocenters. The highest BCUT2D eigenvalue weighted by atomic mass is 16.5. The van der Waals surface area contributed by atoms with Gasteiger partial charge in [0.05, 0.1) is 5.60 Å². The van der Waals surface area contributed by atoms with Gasteiger partial charge in [-0.05, 0) is 19.3 Å². The lowest BCUT2D eigenvalue weighted by molar-refractivity contribution is -0.0719. The fourth-order valence-electron chi connectivity index (χ4n) is 2.57. The zero-order valence-electron chi connectivity index (χ0n) is 10.9. The first-order chi connectivity index (χ1) is 9.04. The number of hydrogen-bond acceptors (Lipinski definition) is 4. The third-order valence-electron chi connectivity index (χ3n) is 3.99. The minimum Gasteiger partial charge on any atom is -0.378 e. The number of imidazole rings is 1. The fourth-order valence-corrected chi connectivity index (χ4v) is 2.57. The van der Waals surface area contributed by atoms with Crippen LogP contribution in [0.4, 0.5) is 0 Å². The molecule has 1 fully saturated rings. The normalized spacial score (nSPS) is 17.6. The first-order valence-corrected chi connectivity index (χ1v) is 6.28. The molecule has 3 rings (SSSR count). The van der Waals surface area contributed by atoms with E-state index in [1.807, 2.05) is 0 Å². The van der Waals surface area contributed by atoms with Gasteiger partial charge in [0.2, 0.25) is 0 Å². The quantitative estimate of drug-likeness (QED) is 0.820. The molecule has 0 radical (unpaired) electrons. The second-order valence-electron chi connectivity index (χ2n) is 5.12. The molecule has 19 heavy (non-hydrogen) atoms. The van der Waals surface area contributed by atoms with Crippen LogP contribution >= 0.6 is 0 Å². The number of hydrogen-bond donors (Lipinski definition) is 2. The maximum atomic E-state index is 11.7. The summed E-state index contributed by atoms with van der Waals surface area (Å²) in [7, 11) is 3.28. The topological polar surface area (TPSA) is 92.8 Å². The van der Waals surface area contributed by atoms with Crippen molar-refractivity contribution in [3.63, 3.8) is 0 Å². The Bertz CT molecular complexity index is 730. The molecule has 7 nitrogen and oxygen atoms in total.